The fourth-order valence-electron chi connectivity index (χ4n) is 1.73. The number of thiocarbonyl (C=S) groups is 1. The summed E-state index contributed by atoms with van der Waals surface area (Å²) in [5, 5.41) is 11.7. The Morgan fingerprint density at radius 3 is 2.81 bits per heavy atom. The van der Waals surface area contributed by atoms with Crippen LogP contribution in [0.5, 0.6) is 0 Å². The number of unbranched alkanes of at least 4 members (excludes halogenated alkanes) is 1. The van der Waals surface area contributed by atoms with Gasteiger partial charge in [-0.15, -0.1) is 5.10 Å². The summed E-state index contributed by atoms with van der Waals surface area (Å²) >= 11 is 11.0. The van der Waals surface area contributed by atoms with E-state index in [1.807, 2.05) is 24.3 Å². The topological polar surface area (TPSA) is 54.8 Å². The van der Waals surface area contributed by atoms with Crippen molar-refractivity contribution in [1.29, 1.82) is 0 Å². The molecule has 0 saturated heterocycles. The van der Waals surface area contributed by atoms with Gasteiger partial charge in [0, 0.05) is 11.6 Å². The van der Waals surface area contributed by atoms with Gasteiger partial charge in [-0.3, -0.25) is 5.32 Å². The van der Waals surface area contributed by atoms with Crippen molar-refractivity contribution in [2.75, 3.05) is 11.9 Å². The van der Waals surface area contributed by atoms with Gasteiger partial charge in [0.15, 0.2) is 5.11 Å². The zero-order valence-corrected chi connectivity index (χ0v) is 13.4. The van der Waals surface area contributed by atoms with Gasteiger partial charge in [0.1, 0.15) is 6.33 Å². The average molecular weight is 324 g/mol. The Kier molecular flexibility index (Phi) is 5.95. The highest BCUT2D eigenvalue weighted by Crippen LogP contribution is 2.10. The largest absolute Gasteiger partial charge is 0.362 e. The van der Waals surface area contributed by atoms with Gasteiger partial charge in [-0.25, -0.2) is 9.67 Å². The summed E-state index contributed by atoms with van der Waals surface area (Å²) in [4.78, 5) is 4.19. The number of hydrogen-bond acceptors (Lipinski definition) is 3. The van der Waals surface area contributed by atoms with Crippen molar-refractivity contribution in [3.63, 3.8) is 0 Å². The van der Waals surface area contributed by atoms with E-state index in [9.17, 15) is 0 Å². The van der Waals surface area contributed by atoms with E-state index < -0.39 is 0 Å². The van der Waals surface area contributed by atoms with Crippen molar-refractivity contribution in [1.82, 2.24) is 20.1 Å². The predicted octanol–water partition coefficient (Wildman–Crippen LogP) is 3.07. The normalized spacial score (nSPS) is 10.4. The molecule has 112 valence electrons. The molecule has 0 unspecified atom stereocenters. The second kappa shape index (κ2) is 7.95. The number of aromatic nitrogens is 3. The molecule has 5 nitrogen and oxygen atoms in total. The van der Waals surface area contributed by atoms with Crippen LogP contribution < -0.4 is 10.6 Å². The number of nitrogens with zero attached hydrogens (tertiary/aromatic N) is 3. The molecule has 2 aromatic rings. The van der Waals surface area contributed by atoms with Crippen LogP contribution in [-0.2, 0) is 6.54 Å². The number of rotatable bonds is 6. The van der Waals surface area contributed by atoms with Gasteiger partial charge < -0.3 is 5.32 Å². The number of nitrogens with one attached hydrogen (secondary N) is 2. The first-order valence-electron chi connectivity index (χ1n) is 6.86. The Labute approximate surface area is 134 Å². The minimum Gasteiger partial charge on any atom is -0.362 e. The number of anilines is 1. The lowest BCUT2D eigenvalue weighted by Gasteiger charge is -2.06. The molecule has 0 bridgehead atoms. The van der Waals surface area contributed by atoms with Crippen LogP contribution in [0.2, 0.25) is 5.02 Å². The lowest BCUT2D eigenvalue weighted by molar-refractivity contribution is 0.687. The maximum Gasteiger partial charge on any atom is 0.248 e. The van der Waals surface area contributed by atoms with Crippen molar-refractivity contribution in [3.05, 3.63) is 41.2 Å². The van der Waals surface area contributed by atoms with Gasteiger partial charge in [0.25, 0.3) is 0 Å². The third-order valence-corrected chi connectivity index (χ3v) is 3.33. The molecular formula is C14H18ClN5S. The highest BCUT2D eigenvalue weighted by molar-refractivity contribution is 7.80. The zero-order chi connectivity index (χ0) is 15.1. The fraction of sp³-hybridized carbons (Fsp3) is 0.357. The zero-order valence-electron chi connectivity index (χ0n) is 11.8. The van der Waals surface area contributed by atoms with Crippen LogP contribution in [0.15, 0.2) is 30.6 Å². The van der Waals surface area contributed by atoms with Crippen molar-refractivity contribution < 1.29 is 0 Å². The van der Waals surface area contributed by atoms with Crippen molar-refractivity contribution in [3.8, 4) is 0 Å². The molecule has 7 heteroatoms. The van der Waals surface area contributed by atoms with Gasteiger partial charge in [0.2, 0.25) is 5.95 Å². The highest BCUT2D eigenvalue weighted by atomic mass is 35.5. The molecule has 0 aliphatic heterocycles. The summed E-state index contributed by atoms with van der Waals surface area (Å²) < 4.78 is 1.75. The van der Waals surface area contributed by atoms with E-state index in [0.29, 0.717) is 17.6 Å². The van der Waals surface area contributed by atoms with Crippen LogP contribution in [0, 0.1) is 0 Å². The first-order chi connectivity index (χ1) is 10.2. The molecule has 1 aromatic carbocycles. The quantitative estimate of drug-likeness (QED) is 0.632. The lowest BCUT2D eigenvalue weighted by atomic mass is 10.2. The molecule has 1 aromatic heterocycles. The smallest absolute Gasteiger partial charge is 0.248 e. The van der Waals surface area contributed by atoms with Crippen LogP contribution >= 0.6 is 23.8 Å². The first-order valence-corrected chi connectivity index (χ1v) is 7.64. The van der Waals surface area contributed by atoms with Gasteiger partial charge in [-0.2, -0.15) is 0 Å². The van der Waals surface area contributed by atoms with Gasteiger partial charge >= 0.3 is 0 Å². The van der Waals surface area contributed by atoms with Gasteiger partial charge in [-0.05, 0) is 36.3 Å². The SMILES string of the molecule is CCCCNC(=S)Nc1ncn(Cc2ccc(Cl)cc2)n1. The molecule has 1 heterocycles. The molecule has 0 aliphatic rings. The number of halogens is 1. The Morgan fingerprint density at radius 2 is 2.10 bits per heavy atom. The van der Waals surface area contributed by atoms with Crippen molar-refractivity contribution >= 4 is 34.9 Å². The summed E-state index contributed by atoms with van der Waals surface area (Å²) in [5.74, 6) is 0.498. The lowest BCUT2D eigenvalue weighted by Crippen LogP contribution is -2.29. The molecule has 21 heavy (non-hydrogen) atoms. The average Bonchev–Trinajstić information content (AvgIpc) is 2.89. The molecular weight excluding hydrogens is 306 g/mol. The second-order valence-electron chi connectivity index (χ2n) is 4.63. The van der Waals surface area contributed by atoms with Crippen molar-refractivity contribution in [2.45, 2.75) is 26.3 Å². The van der Waals surface area contributed by atoms with Crippen molar-refractivity contribution in [2.24, 2.45) is 0 Å². The maximum absolute atomic E-state index is 5.86. The summed E-state index contributed by atoms with van der Waals surface area (Å²) in [6.07, 6.45) is 3.88. The Hall–Kier alpha value is -1.66. The molecule has 0 fully saturated rings. The first kappa shape index (κ1) is 15.7. The Balaban J connectivity index is 1.86. The van der Waals surface area contributed by atoms with Gasteiger partial charge in [-0.1, -0.05) is 37.1 Å². The molecule has 2 rings (SSSR count). The van der Waals surface area contributed by atoms with E-state index in [-0.39, 0.29) is 0 Å². The molecule has 0 saturated carbocycles. The molecule has 0 atom stereocenters. The summed E-state index contributed by atoms with van der Waals surface area (Å²) in [5.41, 5.74) is 1.11. The minimum atomic E-state index is 0.498. The third kappa shape index (κ3) is 5.32. The predicted molar refractivity (Wildman–Crippen MR) is 89.7 cm³/mol. The molecule has 0 spiro atoms. The van der Waals surface area contributed by atoms with E-state index in [1.165, 1.54) is 0 Å². The van der Waals surface area contributed by atoms with Crippen LogP contribution in [-0.4, -0.2) is 26.4 Å². The summed E-state index contributed by atoms with van der Waals surface area (Å²) in [7, 11) is 0. The van der Waals surface area contributed by atoms with Gasteiger partial charge in [0.05, 0.1) is 6.54 Å². The van der Waals surface area contributed by atoms with Crippen LogP contribution in [0.1, 0.15) is 25.3 Å². The summed E-state index contributed by atoms with van der Waals surface area (Å²) in [6.45, 7) is 3.63. The second-order valence-corrected chi connectivity index (χ2v) is 5.47. The molecule has 0 radical (unpaired) electrons. The molecule has 2 N–H and O–H groups in total. The van der Waals surface area contributed by atoms with Crippen LogP contribution in [0.4, 0.5) is 5.95 Å². The Morgan fingerprint density at radius 1 is 1.33 bits per heavy atom. The van der Waals surface area contributed by atoms with Crippen LogP contribution in [0.25, 0.3) is 0 Å². The van der Waals surface area contributed by atoms with E-state index in [0.717, 1.165) is 30.0 Å². The van der Waals surface area contributed by atoms with E-state index in [2.05, 4.69) is 27.6 Å². The summed E-state index contributed by atoms with van der Waals surface area (Å²) in [6, 6.07) is 7.65. The van der Waals surface area contributed by atoms with Crippen LogP contribution in [0.3, 0.4) is 0 Å². The minimum absolute atomic E-state index is 0.498. The number of hydrogen-bond donors (Lipinski definition) is 2. The van der Waals surface area contributed by atoms with E-state index in [4.69, 9.17) is 23.8 Å². The maximum atomic E-state index is 5.86. The van der Waals surface area contributed by atoms with E-state index >= 15 is 0 Å². The van der Waals surface area contributed by atoms with E-state index in [1.54, 1.807) is 11.0 Å². The third-order valence-electron chi connectivity index (χ3n) is 2.84. The monoisotopic (exact) mass is 323 g/mol. The highest BCUT2D eigenvalue weighted by Gasteiger charge is 2.03. The fourth-order valence-corrected chi connectivity index (χ4v) is 2.05. The molecule has 0 aliphatic carbocycles. The molecule has 0 amide bonds. The standard InChI is InChI=1S/C14H18ClN5S/c1-2-3-8-16-14(21)18-13-17-10-20(19-13)9-11-4-6-12(15)7-5-11/h4-7,10H,2-3,8-9H2,1H3,(H2,16,18,19,21). The Bertz CT molecular complexity index is 581. The number of benzene rings is 1.